The van der Waals surface area contributed by atoms with E-state index >= 15 is 0 Å². The highest BCUT2D eigenvalue weighted by Gasteiger charge is 2.24. The van der Waals surface area contributed by atoms with Crippen LogP contribution in [0.1, 0.15) is 46.0 Å². The number of non-ortho nitro benzene ring substituents is 1. The summed E-state index contributed by atoms with van der Waals surface area (Å²) in [6, 6.07) is 4.02. The summed E-state index contributed by atoms with van der Waals surface area (Å²) in [6.07, 6.45) is 5.44. The normalized spacial score (nSPS) is 22.1. The predicted octanol–water partition coefficient (Wildman–Crippen LogP) is 4.50. The van der Waals surface area contributed by atoms with Crippen LogP contribution in [0.15, 0.2) is 18.2 Å². The van der Waals surface area contributed by atoms with E-state index < -0.39 is 10.7 Å². The number of hydrogen-bond donors (Lipinski definition) is 1. The SMILES string of the molecule is CC1(C)CCCC(Nc2ccc([N+](=O)[O-])cc2F)CC1. The van der Waals surface area contributed by atoms with Gasteiger partial charge in [0.2, 0.25) is 0 Å². The number of halogens is 1. The number of benzene rings is 1. The standard InChI is InChI=1S/C15H21FN2O2/c1-15(2)8-3-4-11(7-9-15)17-14-6-5-12(18(19)20)10-13(14)16/h5-6,10-11,17H,3-4,7-9H2,1-2H3. The number of rotatable bonds is 3. The molecule has 2 rings (SSSR count). The number of nitrogens with zero attached hydrogens (tertiary/aromatic N) is 1. The van der Waals surface area contributed by atoms with Crippen LogP contribution in [-0.2, 0) is 0 Å². The minimum atomic E-state index is -0.582. The van der Waals surface area contributed by atoms with Gasteiger partial charge in [-0.3, -0.25) is 10.1 Å². The molecule has 0 radical (unpaired) electrons. The molecule has 5 heteroatoms. The molecule has 1 N–H and O–H groups in total. The fourth-order valence-electron chi connectivity index (χ4n) is 2.76. The van der Waals surface area contributed by atoms with E-state index in [0.29, 0.717) is 11.1 Å². The van der Waals surface area contributed by atoms with E-state index in [1.807, 2.05) is 0 Å². The van der Waals surface area contributed by atoms with Gasteiger partial charge >= 0.3 is 0 Å². The number of nitro benzene ring substituents is 1. The zero-order valence-corrected chi connectivity index (χ0v) is 12.0. The third-order valence-electron chi connectivity index (χ3n) is 4.10. The van der Waals surface area contributed by atoms with Crippen molar-refractivity contribution in [3.8, 4) is 0 Å². The van der Waals surface area contributed by atoms with E-state index in [2.05, 4.69) is 19.2 Å². The van der Waals surface area contributed by atoms with Crippen LogP contribution in [0, 0.1) is 21.3 Å². The second-order valence-corrected chi connectivity index (χ2v) is 6.36. The molecule has 0 heterocycles. The van der Waals surface area contributed by atoms with Gasteiger partial charge in [-0.1, -0.05) is 20.3 Å². The molecule has 4 nitrogen and oxygen atoms in total. The Morgan fingerprint density at radius 2 is 2.10 bits per heavy atom. The Kier molecular flexibility index (Phi) is 4.26. The van der Waals surface area contributed by atoms with Gasteiger partial charge in [0.15, 0.2) is 5.82 Å². The first kappa shape index (κ1) is 14.8. The number of nitrogens with one attached hydrogen (secondary N) is 1. The van der Waals surface area contributed by atoms with Crippen molar-refractivity contribution in [3.05, 3.63) is 34.1 Å². The number of hydrogen-bond acceptors (Lipinski definition) is 3. The lowest BCUT2D eigenvalue weighted by Crippen LogP contribution is -2.20. The molecule has 1 unspecified atom stereocenters. The molecule has 0 aromatic heterocycles. The molecule has 1 aromatic rings. The maximum absolute atomic E-state index is 13.9. The molecule has 110 valence electrons. The molecule has 1 fully saturated rings. The van der Waals surface area contributed by atoms with Crippen LogP contribution in [-0.4, -0.2) is 11.0 Å². The third-order valence-corrected chi connectivity index (χ3v) is 4.10. The highest BCUT2D eigenvalue weighted by Crippen LogP contribution is 2.35. The van der Waals surface area contributed by atoms with Gasteiger partial charge in [0, 0.05) is 12.1 Å². The van der Waals surface area contributed by atoms with E-state index in [4.69, 9.17) is 0 Å². The lowest BCUT2D eigenvalue weighted by molar-refractivity contribution is -0.385. The zero-order chi connectivity index (χ0) is 14.8. The van der Waals surface area contributed by atoms with Crippen molar-refractivity contribution in [2.75, 3.05) is 5.32 Å². The van der Waals surface area contributed by atoms with Crippen molar-refractivity contribution < 1.29 is 9.31 Å². The maximum Gasteiger partial charge on any atom is 0.272 e. The third kappa shape index (κ3) is 3.68. The number of anilines is 1. The van der Waals surface area contributed by atoms with E-state index in [1.165, 1.54) is 18.6 Å². The maximum atomic E-state index is 13.9. The van der Waals surface area contributed by atoms with Crippen molar-refractivity contribution in [1.29, 1.82) is 0 Å². The van der Waals surface area contributed by atoms with Gasteiger partial charge in [-0.15, -0.1) is 0 Å². The molecule has 0 saturated heterocycles. The van der Waals surface area contributed by atoms with Crippen LogP contribution in [0.25, 0.3) is 0 Å². The summed E-state index contributed by atoms with van der Waals surface area (Å²) in [4.78, 5) is 10.0. The van der Waals surface area contributed by atoms with Crippen molar-refractivity contribution in [2.24, 2.45) is 5.41 Å². The van der Waals surface area contributed by atoms with E-state index in [1.54, 1.807) is 0 Å². The van der Waals surface area contributed by atoms with Crippen molar-refractivity contribution >= 4 is 11.4 Å². The summed E-state index contributed by atoms with van der Waals surface area (Å²) in [7, 11) is 0. The second kappa shape index (κ2) is 5.77. The molecule has 1 saturated carbocycles. The van der Waals surface area contributed by atoms with Gasteiger partial charge in [-0.2, -0.15) is 0 Å². The minimum Gasteiger partial charge on any atom is -0.380 e. The molecule has 20 heavy (non-hydrogen) atoms. The van der Waals surface area contributed by atoms with Crippen LogP contribution >= 0.6 is 0 Å². The quantitative estimate of drug-likeness (QED) is 0.503. The minimum absolute atomic E-state index is 0.213. The molecular weight excluding hydrogens is 259 g/mol. The van der Waals surface area contributed by atoms with Crippen molar-refractivity contribution in [1.82, 2.24) is 0 Å². The topological polar surface area (TPSA) is 55.2 Å². The summed E-state index contributed by atoms with van der Waals surface area (Å²) < 4.78 is 13.9. The van der Waals surface area contributed by atoms with Gasteiger partial charge in [-0.05, 0) is 37.2 Å². The molecule has 0 bridgehead atoms. The van der Waals surface area contributed by atoms with Crippen LogP contribution in [0.4, 0.5) is 15.8 Å². The highest BCUT2D eigenvalue weighted by molar-refractivity contribution is 5.50. The summed E-state index contributed by atoms with van der Waals surface area (Å²) >= 11 is 0. The van der Waals surface area contributed by atoms with Gasteiger partial charge in [0.1, 0.15) is 0 Å². The zero-order valence-electron chi connectivity index (χ0n) is 12.0. The molecule has 1 aliphatic rings. The molecule has 1 aromatic carbocycles. The van der Waals surface area contributed by atoms with E-state index in [9.17, 15) is 14.5 Å². The molecule has 0 spiro atoms. The Balaban J connectivity index is 2.05. The van der Waals surface area contributed by atoms with Gasteiger partial charge in [-0.25, -0.2) is 4.39 Å². The second-order valence-electron chi connectivity index (χ2n) is 6.36. The Morgan fingerprint density at radius 3 is 2.75 bits per heavy atom. The molecule has 0 aliphatic heterocycles. The summed E-state index contributed by atoms with van der Waals surface area (Å²) in [5, 5.41) is 13.8. The molecular formula is C15H21FN2O2. The first-order chi connectivity index (χ1) is 9.37. The van der Waals surface area contributed by atoms with Gasteiger partial charge in [0.05, 0.1) is 16.7 Å². The smallest absolute Gasteiger partial charge is 0.272 e. The summed E-state index contributed by atoms with van der Waals surface area (Å²) in [6.45, 7) is 4.53. The van der Waals surface area contributed by atoms with E-state index in [-0.39, 0.29) is 11.7 Å². The lowest BCUT2D eigenvalue weighted by Gasteiger charge is -2.22. The Bertz CT molecular complexity index is 503. The van der Waals surface area contributed by atoms with Crippen LogP contribution < -0.4 is 5.32 Å². The van der Waals surface area contributed by atoms with E-state index in [0.717, 1.165) is 31.7 Å². The van der Waals surface area contributed by atoms with Crippen molar-refractivity contribution in [2.45, 2.75) is 52.0 Å². The number of nitro groups is 1. The van der Waals surface area contributed by atoms with Gasteiger partial charge < -0.3 is 5.32 Å². The predicted molar refractivity (Wildman–Crippen MR) is 77.3 cm³/mol. The fourth-order valence-corrected chi connectivity index (χ4v) is 2.76. The molecule has 1 atom stereocenters. The summed E-state index contributed by atoms with van der Waals surface area (Å²) in [5.41, 5.74) is 0.500. The Hall–Kier alpha value is -1.65. The lowest BCUT2D eigenvalue weighted by atomic mass is 9.85. The molecule has 0 amide bonds. The first-order valence-corrected chi connectivity index (χ1v) is 7.08. The van der Waals surface area contributed by atoms with Crippen LogP contribution in [0.5, 0.6) is 0 Å². The van der Waals surface area contributed by atoms with Crippen LogP contribution in [0.3, 0.4) is 0 Å². The average molecular weight is 280 g/mol. The monoisotopic (exact) mass is 280 g/mol. The Labute approximate surface area is 118 Å². The highest BCUT2D eigenvalue weighted by atomic mass is 19.1. The summed E-state index contributed by atoms with van der Waals surface area (Å²) in [5.74, 6) is -0.553. The van der Waals surface area contributed by atoms with Gasteiger partial charge in [0.25, 0.3) is 5.69 Å². The van der Waals surface area contributed by atoms with Crippen LogP contribution in [0.2, 0.25) is 0 Å². The Morgan fingerprint density at radius 1 is 1.35 bits per heavy atom. The average Bonchev–Trinajstić information content (AvgIpc) is 2.53. The van der Waals surface area contributed by atoms with Crippen molar-refractivity contribution in [3.63, 3.8) is 0 Å². The fraction of sp³-hybridized carbons (Fsp3) is 0.600. The molecule has 1 aliphatic carbocycles. The largest absolute Gasteiger partial charge is 0.380 e. The first-order valence-electron chi connectivity index (χ1n) is 7.08.